The molecule has 2 aromatic carbocycles. The quantitative estimate of drug-likeness (QED) is 0.774. The number of halogens is 1. The number of ether oxygens (including phenoxy) is 1. The summed E-state index contributed by atoms with van der Waals surface area (Å²) < 4.78 is 5.57. The number of benzene rings is 2. The normalized spacial score (nSPS) is 15.4. The van der Waals surface area contributed by atoms with E-state index in [2.05, 4.69) is 46.4 Å². The van der Waals surface area contributed by atoms with Crippen molar-refractivity contribution in [3.8, 4) is 5.75 Å². The molecule has 0 unspecified atom stereocenters. The van der Waals surface area contributed by atoms with Crippen molar-refractivity contribution in [2.24, 2.45) is 0 Å². The number of nitrogens with one attached hydrogen (secondary N) is 1. The summed E-state index contributed by atoms with van der Waals surface area (Å²) in [5.41, 5.74) is 3.30. The number of carbonyl (C=O) groups excluding carboxylic acids is 1. The largest absolute Gasteiger partial charge is 0.484 e. The zero-order valence-electron chi connectivity index (χ0n) is 16.6. The first-order valence-electron chi connectivity index (χ1n) is 9.64. The Kier molecular flexibility index (Phi) is 7.31. The molecule has 1 aliphatic heterocycles. The lowest BCUT2D eigenvalue weighted by Crippen LogP contribution is -2.43. The van der Waals surface area contributed by atoms with E-state index in [1.165, 1.54) is 5.56 Å². The van der Waals surface area contributed by atoms with Crippen LogP contribution in [0.25, 0.3) is 0 Å². The van der Waals surface area contributed by atoms with E-state index in [9.17, 15) is 4.79 Å². The molecule has 0 bridgehead atoms. The van der Waals surface area contributed by atoms with Crippen LogP contribution in [-0.4, -0.2) is 55.5 Å². The third-order valence-electron chi connectivity index (χ3n) is 5.01. The number of hydrogen-bond donors (Lipinski definition) is 1. The van der Waals surface area contributed by atoms with Crippen molar-refractivity contribution in [3.05, 3.63) is 64.2 Å². The molecule has 1 N–H and O–H groups in total. The Morgan fingerprint density at radius 2 is 1.75 bits per heavy atom. The molecule has 28 heavy (non-hydrogen) atoms. The molecule has 3 rings (SSSR count). The van der Waals surface area contributed by atoms with Crippen LogP contribution in [0.3, 0.4) is 0 Å². The van der Waals surface area contributed by atoms with Crippen molar-refractivity contribution in [2.75, 3.05) is 39.8 Å². The Bertz CT molecular complexity index is 787. The Labute approximate surface area is 172 Å². The lowest BCUT2D eigenvalue weighted by Gasteiger charge is -2.32. The second kappa shape index (κ2) is 9.92. The van der Waals surface area contributed by atoms with Gasteiger partial charge in [-0.15, -0.1) is 0 Å². The van der Waals surface area contributed by atoms with E-state index in [1.54, 1.807) is 12.1 Å². The number of aryl methyl sites for hydroxylation is 1. The van der Waals surface area contributed by atoms with Crippen molar-refractivity contribution in [2.45, 2.75) is 20.0 Å². The van der Waals surface area contributed by atoms with Crippen LogP contribution in [0.1, 0.15) is 16.7 Å². The van der Waals surface area contributed by atoms with Crippen LogP contribution in [0.5, 0.6) is 5.75 Å². The highest BCUT2D eigenvalue weighted by Crippen LogP contribution is 2.21. The van der Waals surface area contributed by atoms with Gasteiger partial charge >= 0.3 is 0 Å². The van der Waals surface area contributed by atoms with Gasteiger partial charge in [-0.25, -0.2) is 0 Å². The minimum absolute atomic E-state index is 0.00996. The molecular formula is C22H28ClN3O2. The SMILES string of the molecule is Cc1cc(Cl)ccc1OCC(=O)NCc1ccc(CN2CCN(C)CC2)cc1. The summed E-state index contributed by atoms with van der Waals surface area (Å²) in [7, 11) is 2.17. The van der Waals surface area contributed by atoms with Gasteiger partial charge in [-0.05, 0) is 48.9 Å². The maximum absolute atomic E-state index is 12.1. The number of carbonyl (C=O) groups is 1. The van der Waals surface area contributed by atoms with Gasteiger partial charge in [0.15, 0.2) is 6.61 Å². The van der Waals surface area contributed by atoms with Crippen molar-refractivity contribution in [1.29, 1.82) is 0 Å². The lowest BCUT2D eigenvalue weighted by molar-refractivity contribution is -0.123. The van der Waals surface area contributed by atoms with Crippen molar-refractivity contribution >= 4 is 17.5 Å². The predicted molar refractivity (Wildman–Crippen MR) is 113 cm³/mol. The molecule has 5 nitrogen and oxygen atoms in total. The van der Waals surface area contributed by atoms with Gasteiger partial charge in [0, 0.05) is 44.3 Å². The van der Waals surface area contributed by atoms with Crippen LogP contribution < -0.4 is 10.1 Å². The molecule has 1 amide bonds. The van der Waals surface area contributed by atoms with Gasteiger partial charge in [0.2, 0.25) is 0 Å². The van der Waals surface area contributed by atoms with Gasteiger partial charge in [0.1, 0.15) is 5.75 Å². The molecule has 150 valence electrons. The van der Waals surface area contributed by atoms with Crippen LogP contribution in [-0.2, 0) is 17.9 Å². The predicted octanol–water partition coefficient (Wildman–Crippen LogP) is 3.09. The fraction of sp³-hybridized carbons (Fsp3) is 0.409. The Morgan fingerprint density at radius 1 is 1.07 bits per heavy atom. The van der Waals surface area contributed by atoms with Gasteiger partial charge < -0.3 is 15.0 Å². The minimum atomic E-state index is -0.143. The monoisotopic (exact) mass is 401 g/mol. The Balaban J connectivity index is 1.41. The fourth-order valence-corrected chi connectivity index (χ4v) is 3.42. The average molecular weight is 402 g/mol. The van der Waals surface area contributed by atoms with E-state index in [-0.39, 0.29) is 12.5 Å². The first kappa shape index (κ1) is 20.6. The van der Waals surface area contributed by atoms with E-state index in [0.29, 0.717) is 17.3 Å². The van der Waals surface area contributed by atoms with Gasteiger partial charge in [0.25, 0.3) is 5.91 Å². The molecule has 2 aromatic rings. The van der Waals surface area contributed by atoms with E-state index < -0.39 is 0 Å². The number of rotatable bonds is 7. The molecule has 0 aliphatic carbocycles. The minimum Gasteiger partial charge on any atom is -0.484 e. The van der Waals surface area contributed by atoms with Gasteiger partial charge in [0.05, 0.1) is 0 Å². The van der Waals surface area contributed by atoms with Crippen molar-refractivity contribution < 1.29 is 9.53 Å². The molecule has 0 spiro atoms. The number of likely N-dealkylation sites (N-methyl/N-ethyl adjacent to an activating group) is 1. The number of piperazine rings is 1. The van der Waals surface area contributed by atoms with E-state index >= 15 is 0 Å². The van der Waals surface area contributed by atoms with E-state index in [1.807, 2.05) is 13.0 Å². The maximum atomic E-state index is 12.1. The number of nitrogens with zero attached hydrogens (tertiary/aromatic N) is 2. The van der Waals surface area contributed by atoms with Gasteiger partial charge in [-0.2, -0.15) is 0 Å². The van der Waals surface area contributed by atoms with Crippen LogP contribution in [0.4, 0.5) is 0 Å². The first-order valence-corrected chi connectivity index (χ1v) is 10.0. The number of hydrogen-bond acceptors (Lipinski definition) is 4. The Hall–Kier alpha value is -2.08. The zero-order chi connectivity index (χ0) is 19.9. The highest BCUT2D eigenvalue weighted by molar-refractivity contribution is 6.30. The first-order chi connectivity index (χ1) is 13.5. The van der Waals surface area contributed by atoms with Crippen molar-refractivity contribution in [3.63, 3.8) is 0 Å². The Morgan fingerprint density at radius 3 is 2.43 bits per heavy atom. The highest BCUT2D eigenvalue weighted by Gasteiger charge is 2.13. The molecule has 0 saturated carbocycles. The molecule has 1 heterocycles. The molecule has 1 aliphatic rings. The van der Waals surface area contributed by atoms with Crippen LogP contribution in [0.2, 0.25) is 5.02 Å². The summed E-state index contributed by atoms with van der Waals surface area (Å²) in [5.74, 6) is 0.531. The fourth-order valence-electron chi connectivity index (χ4n) is 3.20. The summed E-state index contributed by atoms with van der Waals surface area (Å²) in [4.78, 5) is 16.9. The topological polar surface area (TPSA) is 44.8 Å². The van der Waals surface area contributed by atoms with Crippen LogP contribution >= 0.6 is 11.6 Å². The van der Waals surface area contributed by atoms with Crippen LogP contribution in [0.15, 0.2) is 42.5 Å². The van der Waals surface area contributed by atoms with Crippen molar-refractivity contribution in [1.82, 2.24) is 15.1 Å². The van der Waals surface area contributed by atoms with E-state index in [0.717, 1.165) is 43.9 Å². The van der Waals surface area contributed by atoms with E-state index in [4.69, 9.17) is 16.3 Å². The smallest absolute Gasteiger partial charge is 0.258 e. The second-order valence-electron chi connectivity index (χ2n) is 7.37. The number of amides is 1. The highest BCUT2D eigenvalue weighted by atomic mass is 35.5. The summed E-state index contributed by atoms with van der Waals surface area (Å²) in [6.45, 7) is 7.85. The summed E-state index contributed by atoms with van der Waals surface area (Å²) in [6.07, 6.45) is 0. The van der Waals surface area contributed by atoms with Gasteiger partial charge in [-0.3, -0.25) is 9.69 Å². The third-order valence-corrected chi connectivity index (χ3v) is 5.25. The molecule has 0 radical (unpaired) electrons. The zero-order valence-corrected chi connectivity index (χ0v) is 17.3. The molecular weight excluding hydrogens is 374 g/mol. The third kappa shape index (κ3) is 6.23. The molecule has 0 aromatic heterocycles. The lowest BCUT2D eigenvalue weighted by atomic mass is 10.1. The standard InChI is InChI=1S/C22H28ClN3O2/c1-17-13-20(23)7-8-21(17)28-16-22(27)24-14-18-3-5-19(6-4-18)15-26-11-9-25(2)10-12-26/h3-8,13H,9-12,14-16H2,1-2H3,(H,24,27). The molecule has 1 fully saturated rings. The molecule has 0 atom stereocenters. The van der Waals surface area contributed by atoms with Crippen LogP contribution in [0, 0.1) is 6.92 Å². The molecule has 1 saturated heterocycles. The summed E-state index contributed by atoms with van der Waals surface area (Å²) in [6, 6.07) is 13.8. The summed E-state index contributed by atoms with van der Waals surface area (Å²) >= 11 is 5.93. The molecule has 6 heteroatoms. The summed E-state index contributed by atoms with van der Waals surface area (Å²) in [5, 5.41) is 3.56. The second-order valence-corrected chi connectivity index (χ2v) is 7.81. The average Bonchev–Trinajstić information content (AvgIpc) is 2.68. The maximum Gasteiger partial charge on any atom is 0.258 e. The van der Waals surface area contributed by atoms with Gasteiger partial charge in [-0.1, -0.05) is 35.9 Å².